The highest BCUT2D eigenvalue weighted by atomic mass is 35.5. The maximum atomic E-state index is 5.94. The first-order chi connectivity index (χ1) is 13.0. The predicted molar refractivity (Wildman–Crippen MR) is 122 cm³/mol. The molecule has 0 heterocycles. The largest absolute Gasteiger partial charge is 0.489 e. The van der Waals surface area contributed by atoms with Crippen molar-refractivity contribution < 1.29 is 4.74 Å². The maximum absolute atomic E-state index is 5.94. The van der Waals surface area contributed by atoms with Crippen LogP contribution < -0.4 is 4.74 Å². The Balaban J connectivity index is 0.00000392. The molecule has 0 fully saturated rings. The third-order valence-corrected chi connectivity index (χ3v) is 4.01. The Kier molecular flexibility index (Phi) is 10.5. The lowest BCUT2D eigenvalue weighted by molar-refractivity contribution is 0.299. The van der Waals surface area contributed by atoms with Crippen LogP contribution in [0.2, 0.25) is 0 Å². The van der Waals surface area contributed by atoms with E-state index in [1.165, 1.54) is 11.1 Å². The first kappa shape index (κ1) is 23.8. The zero-order chi connectivity index (χ0) is 19.5. The SMILES string of the molecule is CCN(C/C=C/C#CC(C)(C)C)Cc1cccc(OCc2ccccc2)c1.Cl. The summed E-state index contributed by atoms with van der Waals surface area (Å²) < 4.78 is 5.94. The van der Waals surface area contributed by atoms with Crippen molar-refractivity contribution in [2.75, 3.05) is 13.1 Å². The molecule has 3 heteroatoms. The summed E-state index contributed by atoms with van der Waals surface area (Å²) in [5.41, 5.74) is 2.49. The number of hydrogen-bond acceptors (Lipinski definition) is 2. The number of rotatable bonds is 8. The highest BCUT2D eigenvalue weighted by Crippen LogP contribution is 2.16. The van der Waals surface area contributed by atoms with Gasteiger partial charge in [-0.25, -0.2) is 0 Å². The van der Waals surface area contributed by atoms with Crippen molar-refractivity contribution in [3.05, 3.63) is 77.9 Å². The maximum Gasteiger partial charge on any atom is 0.120 e. The Hall–Kier alpha value is -2.21. The summed E-state index contributed by atoms with van der Waals surface area (Å²) in [5.74, 6) is 7.28. The summed E-state index contributed by atoms with van der Waals surface area (Å²) in [5, 5.41) is 0. The van der Waals surface area contributed by atoms with Gasteiger partial charge in [0.2, 0.25) is 0 Å². The Morgan fingerprint density at radius 2 is 1.71 bits per heavy atom. The Bertz CT molecular complexity index is 781. The average Bonchev–Trinajstić information content (AvgIpc) is 2.65. The van der Waals surface area contributed by atoms with Crippen LogP contribution in [-0.2, 0) is 13.2 Å². The number of benzene rings is 2. The lowest BCUT2D eigenvalue weighted by atomic mass is 9.98. The molecule has 150 valence electrons. The second-order valence-corrected chi connectivity index (χ2v) is 7.67. The van der Waals surface area contributed by atoms with E-state index in [0.29, 0.717) is 6.61 Å². The summed E-state index contributed by atoms with van der Waals surface area (Å²) in [6, 6.07) is 18.6. The molecule has 2 rings (SSSR count). The van der Waals surface area contributed by atoms with Gasteiger partial charge < -0.3 is 4.74 Å². The summed E-state index contributed by atoms with van der Waals surface area (Å²) in [7, 11) is 0. The quantitative estimate of drug-likeness (QED) is 0.498. The van der Waals surface area contributed by atoms with Crippen LogP contribution in [0.5, 0.6) is 5.75 Å². The van der Waals surface area contributed by atoms with Crippen molar-refractivity contribution in [1.82, 2.24) is 4.90 Å². The van der Waals surface area contributed by atoms with Gasteiger partial charge in [-0.2, -0.15) is 0 Å². The monoisotopic (exact) mass is 397 g/mol. The second-order valence-electron chi connectivity index (χ2n) is 7.67. The normalized spacial score (nSPS) is 11.0. The van der Waals surface area contributed by atoms with Gasteiger partial charge in [-0.15, -0.1) is 12.4 Å². The molecule has 0 aliphatic heterocycles. The minimum atomic E-state index is 0. The van der Waals surface area contributed by atoms with E-state index in [0.717, 1.165) is 25.4 Å². The molecular formula is C25H32ClNO. The number of nitrogens with zero attached hydrogens (tertiary/aromatic N) is 1. The van der Waals surface area contributed by atoms with Crippen molar-refractivity contribution in [2.45, 2.75) is 40.8 Å². The lowest BCUT2D eigenvalue weighted by Crippen LogP contribution is -2.22. The van der Waals surface area contributed by atoms with Gasteiger partial charge in [0.1, 0.15) is 12.4 Å². The smallest absolute Gasteiger partial charge is 0.120 e. The van der Waals surface area contributed by atoms with E-state index in [4.69, 9.17) is 4.74 Å². The molecule has 0 aliphatic carbocycles. The molecule has 2 aromatic carbocycles. The molecule has 0 N–H and O–H groups in total. The van der Waals surface area contributed by atoms with Crippen molar-refractivity contribution in [1.29, 1.82) is 0 Å². The molecule has 0 atom stereocenters. The van der Waals surface area contributed by atoms with Gasteiger partial charge in [-0.05, 0) is 56.7 Å². The van der Waals surface area contributed by atoms with Gasteiger partial charge in [-0.1, -0.05) is 67.3 Å². The first-order valence-corrected chi connectivity index (χ1v) is 9.62. The minimum absolute atomic E-state index is 0. The van der Waals surface area contributed by atoms with E-state index in [-0.39, 0.29) is 17.8 Å². The van der Waals surface area contributed by atoms with E-state index >= 15 is 0 Å². The summed E-state index contributed by atoms with van der Waals surface area (Å²) in [4.78, 5) is 2.38. The van der Waals surface area contributed by atoms with E-state index in [1.807, 2.05) is 30.3 Å². The highest BCUT2D eigenvalue weighted by molar-refractivity contribution is 5.85. The number of hydrogen-bond donors (Lipinski definition) is 0. The molecule has 0 radical (unpaired) electrons. The molecule has 0 spiro atoms. The van der Waals surface area contributed by atoms with Gasteiger partial charge in [-0.3, -0.25) is 4.90 Å². The van der Waals surface area contributed by atoms with E-state index in [9.17, 15) is 0 Å². The fourth-order valence-corrected chi connectivity index (χ4v) is 2.56. The number of halogens is 1. The molecule has 0 saturated carbocycles. The average molecular weight is 398 g/mol. The molecule has 0 aliphatic rings. The van der Waals surface area contributed by atoms with Gasteiger partial charge in [0, 0.05) is 18.5 Å². The number of ether oxygens (including phenoxy) is 1. The molecule has 0 unspecified atom stereocenters. The minimum Gasteiger partial charge on any atom is -0.489 e. The molecule has 28 heavy (non-hydrogen) atoms. The van der Waals surface area contributed by atoms with Crippen LogP contribution in [0.25, 0.3) is 0 Å². The third-order valence-electron chi connectivity index (χ3n) is 4.01. The highest BCUT2D eigenvalue weighted by Gasteiger charge is 2.04. The summed E-state index contributed by atoms with van der Waals surface area (Å²) >= 11 is 0. The zero-order valence-corrected chi connectivity index (χ0v) is 18.3. The predicted octanol–water partition coefficient (Wildman–Crippen LogP) is 6.12. The summed E-state index contributed by atoms with van der Waals surface area (Å²) in [6.45, 7) is 11.9. The van der Waals surface area contributed by atoms with Crippen molar-refractivity contribution in [3.63, 3.8) is 0 Å². The number of allylic oxidation sites excluding steroid dienone is 1. The molecular weight excluding hydrogens is 366 g/mol. The molecule has 2 aromatic rings. The fraction of sp³-hybridized carbons (Fsp3) is 0.360. The Labute approximate surface area is 177 Å². The van der Waals surface area contributed by atoms with Crippen molar-refractivity contribution in [2.24, 2.45) is 5.41 Å². The van der Waals surface area contributed by atoms with Crippen molar-refractivity contribution in [3.8, 4) is 17.6 Å². The van der Waals surface area contributed by atoms with E-state index < -0.39 is 0 Å². The van der Waals surface area contributed by atoms with Crippen LogP contribution in [0.4, 0.5) is 0 Å². The standard InChI is InChI=1S/C25H31NO.ClH/c1-5-26(18-11-7-10-17-25(2,3)4)20-23-15-12-16-24(19-23)27-21-22-13-8-6-9-14-22;/h6-9,11-16,19H,5,18,20-21H2,1-4H3;1H/b11-7+;. The zero-order valence-electron chi connectivity index (χ0n) is 17.4. The van der Waals surface area contributed by atoms with Gasteiger partial charge in [0.15, 0.2) is 0 Å². The third kappa shape index (κ3) is 9.65. The Morgan fingerprint density at radius 3 is 2.39 bits per heavy atom. The van der Waals surface area contributed by atoms with Gasteiger partial charge >= 0.3 is 0 Å². The van der Waals surface area contributed by atoms with Crippen LogP contribution >= 0.6 is 12.4 Å². The first-order valence-electron chi connectivity index (χ1n) is 9.62. The molecule has 0 saturated heterocycles. The van der Waals surface area contributed by atoms with E-state index in [2.05, 4.69) is 80.8 Å². The van der Waals surface area contributed by atoms with Crippen molar-refractivity contribution >= 4 is 12.4 Å². The van der Waals surface area contributed by atoms with Crippen LogP contribution in [0, 0.1) is 17.3 Å². The topological polar surface area (TPSA) is 12.5 Å². The van der Waals surface area contributed by atoms with Gasteiger partial charge in [0.25, 0.3) is 0 Å². The van der Waals surface area contributed by atoms with Crippen LogP contribution in [0.15, 0.2) is 66.7 Å². The molecule has 0 amide bonds. The lowest BCUT2D eigenvalue weighted by Gasteiger charge is -2.19. The molecule has 0 bridgehead atoms. The second kappa shape index (κ2) is 12.3. The fourth-order valence-electron chi connectivity index (χ4n) is 2.56. The van der Waals surface area contributed by atoms with Crippen LogP contribution in [0.3, 0.4) is 0 Å². The molecule has 0 aromatic heterocycles. The van der Waals surface area contributed by atoms with Crippen LogP contribution in [0.1, 0.15) is 38.8 Å². The molecule has 2 nitrogen and oxygen atoms in total. The number of likely N-dealkylation sites (N-methyl/N-ethyl adjacent to an activating group) is 1. The van der Waals surface area contributed by atoms with Gasteiger partial charge in [0.05, 0.1) is 0 Å². The Morgan fingerprint density at radius 1 is 1.00 bits per heavy atom. The summed E-state index contributed by atoms with van der Waals surface area (Å²) in [6.07, 6.45) is 4.10. The van der Waals surface area contributed by atoms with Crippen LogP contribution in [-0.4, -0.2) is 18.0 Å². The van der Waals surface area contributed by atoms with E-state index in [1.54, 1.807) is 0 Å².